The van der Waals surface area contributed by atoms with Gasteiger partial charge in [0.05, 0.1) is 0 Å². The van der Waals surface area contributed by atoms with Crippen molar-refractivity contribution in [3.05, 3.63) is 28.8 Å². The van der Waals surface area contributed by atoms with Crippen molar-refractivity contribution in [3.63, 3.8) is 0 Å². The number of anilines is 1. The second-order valence-corrected chi connectivity index (χ2v) is 5.05. The molecule has 1 aliphatic heterocycles. The fraction of sp³-hybridized carbons (Fsp3) is 0.429. The molecule has 0 radical (unpaired) electrons. The van der Waals surface area contributed by atoms with Crippen LogP contribution in [0, 0.1) is 6.92 Å². The van der Waals surface area contributed by atoms with Crippen LogP contribution in [0.15, 0.2) is 18.2 Å². The van der Waals surface area contributed by atoms with E-state index in [2.05, 4.69) is 5.32 Å². The molecule has 1 aromatic carbocycles. The van der Waals surface area contributed by atoms with Crippen molar-refractivity contribution in [2.24, 2.45) is 0 Å². The van der Waals surface area contributed by atoms with Gasteiger partial charge in [-0.2, -0.15) is 0 Å². The van der Waals surface area contributed by atoms with E-state index in [1.54, 1.807) is 18.2 Å². The largest absolute Gasteiger partial charge is 0.454 e. The maximum absolute atomic E-state index is 11.7. The Morgan fingerprint density at radius 2 is 2.30 bits per heavy atom. The van der Waals surface area contributed by atoms with E-state index in [9.17, 15) is 9.59 Å². The maximum Gasteiger partial charge on any atom is 0.335 e. The molecule has 1 N–H and O–H groups in total. The summed E-state index contributed by atoms with van der Waals surface area (Å²) in [4.78, 5) is 23.3. The number of nitrogens with one attached hydrogen (secondary N) is 1. The number of ether oxygens (including phenoxy) is 2. The fourth-order valence-corrected chi connectivity index (χ4v) is 2.08. The SMILES string of the molecule is Cc1ccc(Cl)cc1NC(=O)COC(=O)[C@H]1CCCO1. The van der Waals surface area contributed by atoms with Crippen LogP contribution in [0.5, 0.6) is 0 Å². The van der Waals surface area contributed by atoms with Crippen LogP contribution in [0.1, 0.15) is 18.4 Å². The van der Waals surface area contributed by atoms with E-state index in [-0.39, 0.29) is 6.61 Å². The molecule has 1 heterocycles. The zero-order valence-corrected chi connectivity index (χ0v) is 11.9. The van der Waals surface area contributed by atoms with Gasteiger partial charge in [0, 0.05) is 17.3 Å². The topological polar surface area (TPSA) is 64.6 Å². The van der Waals surface area contributed by atoms with Crippen molar-refractivity contribution in [2.75, 3.05) is 18.5 Å². The van der Waals surface area contributed by atoms with Crippen LogP contribution in [0.25, 0.3) is 0 Å². The molecular formula is C14H16ClNO4. The fourth-order valence-electron chi connectivity index (χ4n) is 1.91. The van der Waals surface area contributed by atoms with Gasteiger partial charge in [0.2, 0.25) is 0 Å². The summed E-state index contributed by atoms with van der Waals surface area (Å²) in [6.07, 6.45) is 0.956. The van der Waals surface area contributed by atoms with Gasteiger partial charge < -0.3 is 14.8 Å². The standard InChI is InChI=1S/C14H16ClNO4/c1-9-4-5-10(15)7-11(9)16-13(17)8-20-14(18)12-3-2-6-19-12/h4-5,7,12H,2-3,6,8H2,1H3,(H,16,17)/t12-/m1/s1. The second-order valence-electron chi connectivity index (χ2n) is 4.62. The average molecular weight is 298 g/mol. The van der Waals surface area contributed by atoms with Crippen molar-refractivity contribution in [1.29, 1.82) is 0 Å². The Balaban J connectivity index is 1.83. The molecule has 0 bridgehead atoms. The molecule has 1 saturated heterocycles. The summed E-state index contributed by atoms with van der Waals surface area (Å²) in [6.45, 7) is 2.09. The number of esters is 1. The zero-order valence-electron chi connectivity index (χ0n) is 11.1. The van der Waals surface area contributed by atoms with Gasteiger partial charge in [0.15, 0.2) is 12.7 Å². The summed E-state index contributed by atoms with van der Waals surface area (Å²) < 4.78 is 10.1. The van der Waals surface area contributed by atoms with E-state index in [1.807, 2.05) is 6.92 Å². The Hall–Kier alpha value is -1.59. The molecule has 1 fully saturated rings. The smallest absolute Gasteiger partial charge is 0.335 e. The Labute approximate surface area is 122 Å². The minimum absolute atomic E-state index is 0.329. The third-order valence-electron chi connectivity index (χ3n) is 3.01. The van der Waals surface area contributed by atoms with E-state index in [1.165, 1.54) is 0 Å². The number of halogens is 1. The molecule has 5 nitrogen and oxygen atoms in total. The quantitative estimate of drug-likeness (QED) is 0.866. The summed E-state index contributed by atoms with van der Waals surface area (Å²) in [5.41, 5.74) is 1.49. The van der Waals surface area contributed by atoms with Crippen molar-refractivity contribution < 1.29 is 19.1 Å². The molecule has 0 spiro atoms. The normalized spacial score (nSPS) is 17.8. The first kappa shape index (κ1) is 14.8. The molecule has 0 unspecified atom stereocenters. The molecule has 0 aromatic heterocycles. The maximum atomic E-state index is 11.7. The zero-order chi connectivity index (χ0) is 14.5. The number of carbonyl (C=O) groups excluding carboxylic acids is 2. The van der Waals surface area contributed by atoms with Crippen molar-refractivity contribution in [3.8, 4) is 0 Å². The highest BCUT2D eigenvalue weighted by molar-refractivity contribution is 6.31. The van der Waals surface area contributed by atoms with Gasteiger partial charge >= 0.3 is 5.97 Å². The Bertz CT molecular complexity index is 512. The Morgan fingerprint density at radius 3 is 3.00 bits per heavy atom. The first-order chi connectivity index (χ1) is 9.56. The summed E-state index contributed by atoms with van der Waals surface area (Å²) in [7, 11) is 0. The molecule has 20 heavy (non-hydrogen) atoms. The molecule has 1 amide bonds. The van der Waals surface area contributed by atoms with Gasteiger partial charge in [-0.1, -0.05) is 17.7 Å². The van der Waals surface area contributed by atoms with Crippen LogP contribution in [0.2, 0.25) is 5.02 Å². The Morgan fingerprint density at radius 1 is 1.50 bits per heavy atom. The molecule has 6 heteroatoms. The van der Waals surface area contributed by atoms with E-state index in [0.29, 0.717) is 23.7 Å². The van der Waals surface area contributed by atoms with Crippen LogP contribution >= 0.6 is 11.6 Å². The monoisotopic (exact) mass is 297 g/mol. The summed E-state index contributed by atoms with van der Waals surface area (Å²) in [5, 5.41) is 3.19. The first-order valence-corrected chi connectivity index (χ1v) is 6.78. The number of carbonyl (C=O) groups is 2. The minimum atomic E-state index is -0.532. The van der Waals surface area contributed by atoms with Crippen LogP contribution in [-0.4, -0.2) is 31.2 Å². The average Bonchev–Trinajstić information content (AvgIpc) is 2.94. The van der Waals surface area contributed by atoms with E-state index in [4.69, 9.17) is 21.1 Å². The van der Waals surface area contributed by atoms with Crippen LogP contribution in [0.4, 0.5) is 5.69 Å². The molecule has 1 aromatic rings. The lowest BCUT2D eigenvalue weighted by molar-refractivity contribution is -0.156. The van der Waals surface area contributed by atoms with Gasteiger partial charge in [-0.05, 0) is 37.5 Å². The number of hydrogen-bond acceptors (Lipinski definition) is 4. The highest BCUT2D eigenvalue weighted by Gasteiger charge is 2.25. The van der Waals surface area contributed by atoms with Gasteiger partial charge in [-0.3, -0.25) is 4.79 Å². The number of amides is 1. The molecule has 0 aliphatic carbocycles. The van der Waals surface area contributed by atoms with Crippen molar-refractivity contribution in [2.45, 2.75) is 25.9 Å². The predicted octanol–water partition coefficient (Wildman–Crippen LogP) is 2.31. The summed E-state index contributed by atoms with van der Waals surface area (Å²) in [5.74, 6) is -0.887. The number of aryl methyl sites for hydroxylation is 1. The van der Waals surface area contributed by atoms with Crippen molar-refractivity contribution in [1.82, 2.24) is 0 Å². The lowest BCUT2D eigenvalue weighted by Crippen LogP contribution is -2.27. The van der Waals surface area contributed by atoms with Crippen LogP contribution in [-0.2, 0) is 19.1 Å². The number of rotatable bonds is 4. The predicted molar refractivity (Wildman–Crippen MR) is 74.8 cm³/mol. The number of hydrogen-bond donors (Lipinski definition) is 1. The van der Waals surface area contributed by atoms with Crippen LogP contribution < -0.4 is 5.32 Å². The highest BCUT2D eigenvalue weighted by atomic mass is 35.5. The molecule has 1 atom stereocenters. The van der Waals surface area contributed by atoms with Gasteiger partial charge in [-0.25, -0.2) is 4.79 Å². The van der Waals surface area contributed by atoms with E-state index >= 15 is 0 Å². The molecule has 108 valence electrons. The van der Waals surface area contributed by atoms with E-state index < -0.39 is 18.0 Å². The number of benzene rings is 1. The second kappa shape index (κ2) is 6.72. The minimum Gasteiger partial charge on any atom is -0.454 e. The first-order valence-electron chi connectivity index (χ1n) is 6.40. The molecular weight excluding hydrogens is 282 g/mol. The van der Waals surface area contributed by atoms with Gasteiger partial charge in [-0.15, -0.1) is 0 Å². The van der Waals surface area contributed by atoms with Crippen molar-refractivity contribution >= 4 is 29.2 Å². The molecule has 0 saturated carbocycles. The highest BCUT2D eigenvalue weighted by Crippen LogP contribution is 2.20. The van der Waals surface area contributed by atoms with Gasteiger partial charge in [0.25, 0.3) is 5.91 Å². The molecule has 2 rings (SSSR count). The third-order valence-corrected chi connectivity index (χ3v) is 3.25. The summed E-state index contributed by atoms with van der Waals surface area (Å²) in [6, 6.07) is 5.19. The summed E-state index contributed by atoms with van der Waals surface area (Å²) >= 11 is 5.86. The van der Waals surface area contributed by atoms with E-state index in [0.717, 1.165) is 12.0 Å². The van der Waals surface area contributed by atoms with Crippen LogP contribution in [0.3, 0.4) is 0 Å². The third kappa shape index (κ3) is 3.95. The van der Waals surface area contributed by atoms with Gasteiger partial charge in [0.1, 0.15) is 0 Å². The lowest BCUT2D eigenvalue weighted by atomic mass is 10.2. The Kier molecular flexibility index (Phi) is 4.98. The molecule has 1 aliphatic rings. The lowest BCUT2D eigenvalue weighted by Gasteiger charge is -2.11.